The van der Waals surface area contributed by atoms with E-state index in [2.05, 4.69) is 15.8 Å². The number of nitriles is 1. The molecular formula is C11H15N3S. The lowest BCUT2D eigenvalue weighted by molar-refractivity contribution is 0.444. The molecule has 15 heavy (non-hydrogen) atoms. The van der Waals surface area contributed by atoms with Crippen molar-refractivity contribution >= 4 is 11.8 Å². The first-order valence-corrected chi connectivity index (χ1v) is 6.43. The van der Waals surface area contributed by atoms with Crippen LogP contribution in [0, 0.1) is 25.2 Å². The minimum Gasteiger partial charge on any atom is -0.264 e. The molecule has 0 aliphatic carbocycles. The first-order valence-electron chi connectivity index (χ1n) is 5.27. The molecule has 1 unspecified atom stereocenters. The topological polar surface area (TPSA) is 41.6 Å². The summed E-state index contributed by atoms with van der Waals surface area (Å²) in [5, 5.41) is 13.5. The van der Waals surface area contributed by atoms with Gasteiger partial charge in [0.05, 0.1) is 23.0 Å². The van der Waals surface area contributed by atoms with Gasteiger partial charge in [0.1, 0.15) is 6.07 Å². The largest absolute Gasteiger partial charge is 0.264 e. The van der Waals surface area contributed by atoms with E-state index in [0.29, 0.717) is 6.04 Å². The second-order valence-corrected chi connectivity index (χ2v) is 5.12. The van der Waals surface area contributed by atoms with Gasteiger partial charge in [-0.15, -0.1) is 0 Å². The molecule has 1 aliphatic heterocycles. The fourth-order valence-electron chi connectivity index (χ4n) is 2.10. The summed E-state index contributed by atoms with van der Waals surface area (Å²) in [7, 11) is 0. The molecule has 1 aromatic rings. The van der Waals surface area contributed by atoms with E-state index in [9.17, 15) is 0 Å². The average molecular weight is 221 g/mol. The number of hydrogen-bond donors (Lipinski definition) is 0. The van der Waals surface area contributed by atoms with E-state index in [1.165, 1.54) is 18.6 Å². The first kappa shape index (κ1) is 10.6. The molecule has 1 saturated heterocycles. The molecule has 1 aromatic heterocycles. The first-order chi connectivity index (χ1) is 7.24. The molecule has 0 radical (unpaired) electrons. The predicted molar refractivity (Wildman–Crippen MR) is 62.0 cm³/mol. The van der Waals surface area contributed by atoms with E-state index < -0.39 is 0 Å². The van der Waals surface area contributed by atoms with Gasteiger partial charge in [-0.25, -0.2) is 0 Å². The van der Waals surface area contributed by atoms with Crippen LogP contribution in [0.4, 0.5) is 0 Å². The molecule has 1 fully saturated rings. The van der Waals surface area contributed by atoms with Gasteiger partial charge in [-0.3, -0.25) is 4.68 Å². The Balaban J connectivity index is 2.32. The number of aryl methyl sites for hydroxylation is 1. The molecular weight excluding hydrogens is 206 g/mol. The molecule has 0 saturated carbocycles. The minimum atomic E-state index is 0.490. The molecule has 3 nitrogen and oxygen atoms in total. The number of thioether (sulfide) groups is 1. The summed E-state index contributed by atoms with van der Waals surface area (Å²) in [6.45, 7) is 3.91. The summed E-state index contributed by atoms with van der Waals surface area (Å²) in [5.74, 6) is 2.40. The zero-order valence-corrected chi connectivity index (χ0v) is 9.97. The van der Waals surface area contributed by atoms with E-state index in [0.717, 1.165) is 22.7 Å². The Hall–Kier alpha value is -0.950. The Bertz CT molecular complexity index is 397. The zero-order valence-electron chi connectivity index (χ0n) is 9.16. The molecule has 1 aliphatic rings. The van der Waals surface area contributed by atoms with Crippen molar-refractivity contribution in [1.29, 1.82) is 5.26 Å². The third kappa shape index (κ3) is 1.89. The van der Waals surface area contributed by atoms with E-state index in [1.807, 2.05) is 25.6 Å². The maximum Gasteiger partial charge on any atom is 0.103 e. The Morgan fingerprint density at radius 2 is 2.33 bits per heavy atom. The van der Waals surface area contributed by atoms with Crippen LogP contribution in [-0.4, -0.2) is 21.3 Å². The predicted octanol–water partition coefficient (Wildman–Crippen LogP) is 2.44. The Labute approximate surface area is 94.5 Å². The van der Waals surface area contributed by atoms with Crippen molar-refractivity contribution in [1.82, 2.24) is 9.78 Å². The van der Waals surface area contributed by atoms with Crippen molar-refractivity contribution in [2.24, 2.45) is 0 Å². The van der Waals surface area contributed by atoms with Gasteiger partial charge in [-0.05, 0) is 32.4 Å². The Morgan fingerprint density at radius 3 is 2.87 bits per heavy atom. The maximum atomic E-state index is 9.00. The minimum absolute atomic E-state index is 0.490. The molecule has 1 atom stereocenters. The third-order valence-electron chi connectivity index (χ3n) is 2.92. The van der Waals surface area contributed by atoms with Crippen LogP contribution in [-0.2, 0) is 0 Å². The van der Waals surface area contributed by atoms with Crippen molar-refractivity contribution < 1.29 is 0 Å². The van der Waals surface area contributed by atoms with Gasteiger partial charge in [0.2, 0.25) is 0 Å². The van der Waals surface area contributed by atoms with Crippen molar-refractivity contribution in [3.63, 3.8) is 0 Å². The van der Waals surface area contributed by atoms with E-state index >= 15 is 0 Å². The van der Waals surface area contributed by atoms with Crippen molar-refractivity contribution in [3.8, 4) is 6.07 Å². The highest BCUT2D eigenvalue weighted by Gasteiger charge is 2.20. The lowest BCUT2D eigenvalue weighted by Crippen LogP contribution is -2.18. The van der Waals surface area contributed by atoms with E-state index in [-0.39, 0.29) is 0 Å². The van der Waals surface area contributed by atoms with Gasteiger partial charge < -0.3 is 0 Å². The normalized spacial score (nSPS) is 21.3. The molecule has 2 rings (SSSR count). The fourth-order valence-corrected chi connectivity index (χ4v) is 3.21. The smallest absolute Gasteiger partial charge is 0.103 e. The molecule has 2 heterocycles. The van der Waals surface area contributed by atoms with Crippen LogP contribution in [0.1, 0.15) is 35.8 Å². The molecule has 0 spiro atoms. The SMILES string of the molecule is Cc1nn(C2CCCSC2)c(C)c1C#N. The van der Waals surface area contributed by atoms with Gasteiger partial charge in [0.15, 0.2) is 0 Å². The number of rotatable bonds is 1. The van der Waals surface area contributed by atoms with Crippen LogP contribution in [0.25, 0.3) is 0 Å². The maximum absolute atomic E-state index is 9.00. The quantitative estimate of drug-likeness (QED) is 0.731. The summed E-state index contributed by atoms with van der Waals surface area (Å²) in [6.07, 6.45) is 2.45. The summed E-state index contributed by atoms with van der Waals surface area (Å²) >= 11 is 1.99. The van der Waals surface area contributed by atoms with Crippen LogP contribution in [0.15, 0.2) is 0 Å². The zero-order chi connectivity index (χ0) is 10.8. The van der Waals surface area contributed by atoms with Gasteiger partial charge in [0, 0.05) is 5.75 Å². The van der Waals surface area contributed by atoms with Crippen LogP contribution < -0.4 is 0 Å². The summed E-state index contributed by atoms with van der Waals surface area (Å²) in [5.41, 5.74) is 2.65. The molecule has 0 N–H and O–H groups in total. The van der Waals surface area contributed by atoms with Crippen LogP contribution in [0.3, 0.4) is 0 Å². The second-order valence-electron chi connectivity index (χ2n) is 3.97. The van der Waals surface area contributed by atoms with Gasteiger partial charge in [-0.2, -0.15) is 22.1 Å². The summed E-state index contributed by atoms with van der Waals surface area (Å²) < 4.78 is 2.06. The summed E-state index contributed by atoms with van der Waals surface area (Å²) in [4.78, 5) is 0. The molecule has 0 amide bonds. The van der Waals surface area contributed by atoms with Crippen molar-refractivity contribution in [2.75, 3.05) is 11.5 Å². The van der Waals surface area contributed by atoms with Gasteiger partial charge >= 0.3 is 0 Å². The highest BCUT2D eigenvalue weighted by Crippen LogP contribution is 2.28. The van der Waals surface area contributed by atoms with Gasteiger partial charge in [0.25, 0.3) is 0 Å². The third-order valence-corrected chi connectivity index (χ3v) is 4.12. The molecule has 80 valence electrons. The lowest BCUT2D eigenvalue weighted by atomic mass is 10.1. The number of aromatic nitrogens is 2. The van der Waals surface area contributed by atoms with Crippen LogP contribution >= 0.6 is 11.8 Å². The molecule has 4 heteroatoms. The standard InChI is InChI=1S/C11H15N3S/c1-8-11(6-12)9(2)14(13-8)10-4-3-5-15-7-10/h10H,3-5,7H2,1-2H3. The van der Waals surface area contributed by atoms with Crippen molar-refractivity contribution in [3.05, 3.63) is 17.0 Å². The van der Waals surface area contributed by atoms with E-state index in [1.54, 1.807) is 0 Å². The molecule has 0 bridgehead atoms. The number of hydrogen-bond acceptors (Lipinski definition) is 3. The highest BCUT2D eigenvalue weighted by molar-refractivity contribution is 7.99. The fraction of sp³-hybridized carbons (Fsp3) is 0.636. The monoisotopic (exact) mass is 221 g/mol. The summed E-state index contributed by atoms with van der Waals surface area (Å²) in [6, 6.07) is 2.72. The van der Waals surface area contributed by atoms with E-state index in [4.69, 9.17) is 5.26 Å². The highest BCUT2D eigenvalue weighted by atomic mass is 32.2. The average Bonchev–Trinajstić information content (AvgIpc) is 2.55. The Kier molecular flexibility index (Phi) is 3.01. The second kappa shape index (κ2) is 4.28. The van der Waals surface area contributed by atoms with Crippen LogP contribution in [0.5, 0.6) is 0 Å². The van der Waals surface area contributed by atoms with Crippen molar-refractivity contribution in [2.45, 2.75) is 32.7 Å². The number of nitrogens with zero attached hydrogens (tertiary/aromatic N) is 3. The Morgan fingerprint density at radius 1 is 1.53 bits per heavy atom. The molecule has 0 aromatic carbocycles. The lowest BCUT2D eigenvalue weighted by Gasteiger charge is -2.22. The van der Waals surface area contributed by atoms with Gasteiger partial charge in [-0.1, -0.05) is 0 Å². The van der Waals surface area contributed by atoms with Crippen LogP contribution in [0.2, 0.25) is 0 Å².